The van der Waals surface area contributed by atoms with Crippen molar-refractivity contribution >= 4 is 29.1 Å². The van der Waals surface area contributed by atoms with Gasteiger partial charge in [0, 0.05) is 21.3 Å². The molecule has 3 fully saturated rings. The maximum absolute atomic E-state index is 12.9. The van der Waals surface area contributed by atoms with Crippen LogP contribution in [-0.2, 0) is 14.4 Å². The minimum atomic E-state index is -1.30. The molecule has 0 aliphatic heterocycles. The number of hydrogen-bond donors (Lipinski definition) is 2. The first-order valence-corrected chi connectivity index (χ1v) is 11.4. The van der Waals surface area contributed by atoms with Crippen molar-refractivity contribution in [3.05, 3.63) is 22.8 Å². The van der Waals surface area contributed by atoms with Crippen LogP contribution in [0.5, 0.6) is 0 Å². The molecule has 30 heavy (non-hydrogen) atoms. The summed E-state index contributed by atoms with van der Waals surface area (Å²) in [6.07, 6.45) is 6.98. The van der Waals surface area contributed by atoms with Crippen LogP contribution < -0.4 is 0 Å². The van der Waals surface area contributed by atoms with Crippen molar-refractivity contribution in [2.45, 2.75) is 64.9 Å². The number of fused-ring (bicyclic) bond motifs is 7. The number of halogens is 1. The lowest BCUT2D eigenvalue weighted by Crippen LogP contribution is -2.57. The van der Waals surface area contributed by atoms with Crippen molar-refractivity contribution in [1.82, 2.24) is 0 Å². The lowest BCUT2D eigenvalue weighted by atomic mass is 9.47. The average molecular weight is 433 g/mol. The lowest BCUT2D eigenvalue weighted by molar-refractivity contribution is -0.157. The Morgan fingerprint density at radius 2 is 1.87 bits per heavy atom. The Morgan fingerprint density at radius 1 is 1.20 bits per heavy atom. The third-order valence-electron chi connectivity index (χ3n) is 10.0. The average Bonchev–Trinajstić information content (AvgIpc) is 3.32. The number of rotatable bonds is 3. The molecule has 3 saturated carbocycles. The summed E-state index contributed by atoms with van der Waals surface area (Å²) < 4.78 is 0. The molecule has 2 N–H and O–H groups in total. The Kier molecular flexibility index (Phi) is 3.99. The minimum absolute atomic E-state index is 0.0130. The van der Waals surface area contributed by atoms with Gasteiger partial charge in [0.05, 0.1) is 6.42 Å². The smallest absolute Gasteiger partial charge is 0.304 e. The number of Topliss-reactive ketones (excluding diaryl/α,β-unsaturated/α-hetero) is 1. The normalized spacial score (nSPS) is 51.0. The molecule has 0 aromatic rings. The van der Waals surface area contributed by atoms with Crippen LogP contribution in [0, 0.1) is 39.9 Å². The highest BCUT2D eigenvalue weighted by atomic mass is 35.5. The highest BCUT2D eigenvalue weighted by molar-refractivity contribution is 6.32. The van der Waals surface area contributed by atoms with Gasteiger partial charge in [-0.1, -0.05) is 31.5 Å². The van der Waals surface area contributed by atoms with Crippen LogP contribution in [0.2, 0.25) is 0 Å². The van der Waals surface area contributed by atoms with Gasteiger partial charge < -0.3 is 10.2 Å². The molecule has 6 heteroatoms. The van der Waals surface area contributed by atoms with Gasteiger partial charge >= 0.3 is 5.97 Å². The van der Waals surface area contributed by atoms with Crippen molar-refractivity contribution in [2.24, 2.45) is 39.9 Å². The zero-order valence-corrected chi connectivity index (χ0v) is 18.5. The number of aliphatic hydroxyl groups is 1. The number of ketones is 2. The van der Waals surface area contributed by atoms with E-state index in [1.54, 1.807) is 6.08 Å². The summed E-state index contributed by atoms with van der Waals surface area (Å²) in [5, 5.41) is 21.3. The Balaban J connectivity index is 1.59. The van der Waals surface area contributed by atoms with Gasteiger partial charge in [0.15, 0.2) is 11.6 Å². The molecule has 162 valence electrons. The van der Waals surface area contributed by atoms with Gasteiger partial charge in [-0.15, -0.1) is 0 Å². The van der Waals surface area contributed by atoms with Gasteiger partial charge in [-0.25, -0.2) is 0 Å². The molecule has 0 saturated heterocycles. The Bertz CT molecular complexity index is 951. The van der Waals surface area contributed by atoms with E-state index in [2.05, 4.69) is 13.0 Å². The van der Waals surface area contributed by atoms with Crippen LogP contribution in [0.15, 0.2) is 22.8 Å². The van der Waals surface area contributed by atoms with Gasteiger partial charge in [-0.05, 0) is 74.3 Å². The maximum atomic E-state index is 12.9. The molecule has 0 spiro atoms. The zero-order chi connectivity index (χ0) is 21.9. The SMILES string of the molecule is CC(=O)[C@@]1(O)CC[C@H]2[C@@H]3C=C(Cl)C4=CC(=O)[C@@]5(CC(=O)O)C[C@@H]5[C@]4(C)[C@H]3CC[C@@]21C. The number of aliphatic carboxylic acids is 1. The molecule has 0 radical (unpaired) electrons. The highest BCUT2D eigenvalue weighted by Crippen LogP contribution is 2.76. The first-order chi connectivity index (χ1) is 13.9. The fourth-order valence-corrected chi connectivity index (χ4v) is 8.70. The Hall–Kier alpha value is -1.46. The third-order valence-corrected chi connectivity index (χ3v) is 10.4. The minimum Gasteiger partial charge on any atom is -0.481 e. The molecule has 0 unspecified atom stereocenters. The molecule has 5 aliphatic rings. The monoisotopic (exact) mass is 432 g/mol. The second-order valence-corrected chi connectivity index (χ2v) is 11.3. The predicted octanol–water partition coefficient (Wildman–Crippen LogP) is 3.88. The van der Waals surface area contributed by atoms with Gasteiger partial charge in [0.25, 0.3) is 0 Å². The fourth-order valence-electron chi connectivity index (χ4n) is 8.30. The summed E-state index contributed by atoms with van der Waals surface area (Å²) in [6.45, 7) is 5.71. The fraction of sp³-hybridized carbons (Fsp3) is 0.708. The van der Waals surface area contributed by atoms with E-state index in [0.717, 1.165) is 24.8 Å². The second kappa shape index (κ2) is 5.86. The lowest BCUT2D eigenvalue weighted by Gasteiger charge is -2.58. The van der Waals surface area contributed by atoms with Crippen LogP contribution in [0.25, 0.3) is 0 Å². The second-order valence-electron chi connectivity index (χ2n) is 10.9. The molecule has 0 bridgehead atoms. The van der Waals surface area contributed by atoms with Gasteiger partial charge in [0.1, 0.15) is 5.60 Å². The van der Waals surface area contributed by atoms with Crippen LogP contribution >= 0.6 is 11.6 Å². The molecular weight excluding hydrogens is 404 g/mol. The quantitative estimate of drug-likeness (QED) is 0.706. The van der Waals surface area contributed by atoms with Crippen LogP contribution in [0.3, 0.4) is 0 Å². The molecule has 8 atom stereocenters. The van der Waals surface area contributed by atoms with E-state index in [9.17, 15) is 24.6 Å². The van der Waals surface area contributed by atoms with Crippen molar-refractivity contribution in [3.8, 4) is 0 Å². The topological polar surface area (TPSA) is 91.7 Å². The largest absolute Gasteiger partial charge is 0.481 e. The number of carbonyl (C=O) groups excluding carboxylic acids is 2. The number of hydrogen-bond acceptors (Lipinski definition) is 4. The van der Waals surface area contributed by atoms with Crippen LogP contribution in [-0.4, -0.2) is 33.3 Å². The molecular formula is C24H29ClO5. The van der Waals surface area contributed by atoms with Crippen molar-refractivity contribution < 1.29 is 24.6 Å². The Morgan fingerprint density at radius 3 is 2.50 bits per heavy atom. The standard InChI is InChI=1S/C24H29ClO5/c1-12(26)24(30)7-5-14-13-8-17(25)16-9-19(27)23(11-20(28)29)10-18(23)22(16,3)15(13)4-6-21(14,24)2/h8-9,13-15,18,30H,4-7,10-11H2,1-3H3,(H,28,29)/t13-,14-,15-,18+,21-,22+,23+,24-/m0/s1. The first-order valence-electron chi connectivity index (χ1n) is 11.0. The summed E-state index contributed by atoms with van der Waals surface area (Å²) in [6, 6.07) is 0. The van der Waals surface area contributed by atoms with E-state index in [4.69, 9.17) is 11.6 Å². The van der Waals surface area contributed by atoms with Crippen LogP contribution in [0.4, 0.5) is 0 Å². The zero-order valence-electron chi connectivity index (χ0n) is 17.7. The molecule has 0 aromatic carbocycles. The molecule has 5 nitrogen and oxygen atoms in total. The van der Waals surface area contributed by atoms with Gasteiger partial charge in [0.2, 0.25) is 0 Å². The molecule has 5 aliphatic carbocycles. The van der Waals surface area contributed by atoms with E-state index >= 15 is 0 Å². The van der Waals surface area contributed by atoms with E-state index in [0.29, 0.717) is 17.9 Å². The first kappa shape index (κ1) is 20.4. The number of carboxylic acids is 1. The summed E-state index contributed by atoms with van der Waals surface area (Å²) in [5.74, 6) is -0.715. The number of carbonyl (C=O) groups is 3. The van der Waals surface area contributed by atoms with E-state index in [1.807, 2.05) is 6.92 Å². The van der Waals surface area contributed by atoms with Crippen molar-refractivity contribution in [1.29, 1.82) is 0 Å². The van der Waals surface area contributed by atoms with E-state index in [1.165, 1.54) is 6.92 Å². The predicted molar refractivity (Wildman–Crippen MR) is 111 cm³/mol. The third kappa shape index (κ3) is 2.16. The van der Waals surface area contributed by atoms with Gasteiger partial charge in [-0.3, -0.25) is 14.4 Å². The van der Waals surface area contributed by atoms with Crippen molar-refractivity contribution in [2.75, 3.05) is 0 Å². The molecule has 0 aromatic heterocycles. The maximum Gasteiger partial charge on any atom is 0.304 e. The summed E-state index contributed by atoms with van der Waals surface area (Å²) in [7, 11) is 0. The molecule has 0 amide bonds. The van der Waals surface area contributed by atoms with Crippen LogP contribution in [0.1, 0.15) is 59.3 Å². The number of carboxylic acid groups (broad SMARTS) is 1. The molecule has 0 heterocycles. The van der Waals surface area contributed by atoms with Gasteiger partial charge in [-0.2, -0.15) is 0 Å². The summed E-state index contributed by atoms with van der Waals surface area (Å²) in [4.78, 5) is 36.8. The summed E-state index contributed by atoms with van der Waals surface area (Å²) >= 11 is 6.76. The number of allylic oxidation sites excluding steroid dienone is 4. The van der Waals surface area contributed by atoms with E-state index < -0.39 is 22.4 Å². The molecule has 5 rings (SSSR count). The summed E-state index contributed by atoms with van der Waals surface area (Å²) in [5.41, 5.74) is -2.06. The highest BCUT2D eigenvalue weighted by Gasteiger charge is 2.74. The Labute approximate surface area is 181 Å². The van der Waals surface area contributed by atoms with Crippen molar-refractivity contribution in [3.63, 3.8) is 0 Å². The van der Waals surface area contributed by atoms with E-state index in [-0.39, 0.29) is 47.1 Å².